The van der Waals surface area contributed by atoms with Gasteiger partial charge < -0.3 is 10.3 Å². The number of anilines is 1. The van der Waals surface area contributed by atoms with Gasteiger partial charge in [-0.3, -0.25) is 4.98 Å². The molecule has 1 aromatic carbocycles. The number of nitrogens with one attached hydrogen (secondary N) is 1. The van der Waals surface area contributed by atoms with Crippen molar-refractivity contribution in [2.45, 2.75) is 56.7 Å². The second-order valence-corrected chi connectivity index (χ2v) is 10.2. The molecule has 4 nitrogen and oxygen atoms in total. The third-order valence-electron chi connectivity index (χ3n) is 5.00. The lowest BCUT2D eigenvalue weighted by Gasteiger charge is -2.38. The van der Waals surface area contributed by atoms with Crippen LogP contribution in [0.15, 0.2) is 48.8 Å². The molecule has 3 N–H and O–H groups in total. The number of hydrogen-bond donors (Lipinski definition) is 2. The number of nitrogens with zero attached hydrogens (tertiary/aromatic N) is 1. The Morgan fingerprint density at radius 1 is 1.15 bits per heavy atom. The molecule has 2 atom stereocenters. The summed E-state index contributed by atoms with van der Waals surface area (Å²) < 4.78 is 16.3. The second-order valence-electron chi connectivity index (χ2n) is 8.23. The summed E-state index contributed by atoms with van der Waals surface area (Å²) >= 11 is -1.22. The van der Waals surface area contributed by atoms with Crippen LogP contribution in [0.4, 0.5) is 5.69 Å². The zero-order chi connectivity index (χ0) is 18.8. The summed E-state index contributed by atoms with van der Waals surface area (Å²) in [5, 5.41) is 0. The van der Waals surface area contributed by atoms with Crippen LogP contribution < -0.4 is 10.5 Å². The zero-order valence-corrected chi connectivity index (χ0v) is 16.7. The van der Waals surface area contributed by atoms with Crippen molar-refractivity contribution >= 4 is 17.0 Å². The van der Waals surface area contributed by atoms with E-state index in [0.29, 0.717) is 0 Å². The highest BCUT2D eigenvalue weighted by Gasteiger charge is 2.43. The molecular formula is C21H29N3OS. The Balaban J connectivity index is 2.09. The van der Waals surface area contributed by atoms with Gasteiger partial charge in [0, 0.05) is 29.4 Å². The molecule has 1 saturated carbocycles. The smallest absolute Gasteiger partial charge is 0.136 e. The van der Waals surface area contributed by atoms with Gasteiger partial charge in [0.15, 0.2) is 0 Å². The minimum Gasteiger partial charge on any atom is -0.598 e. The van der Waals surface area contributed by atoms with Gasteiger partial charge in [0.05, 0.1) is 0 Å². The summed E-state index contributed by atoms with van der Waals surface area (Å²) in [5.41, 5.74) is 8.42. The number of nitrogens with two attached hydrogens (primary N) is 1. The number of hydrogen-bond acceptors (Lipinski definition) is 4. The molecule has 1 aromatic heterocycles. The standard InChI is InChI=1S/C21H29N3OS/c1-20(2,3)26(25)24-21(12-9-16-7-8-16,17-10-13-23-14-11-17)18-5-4-6-19(22)15-18/h4-6,10-11,13-16,24H,7-9,12,22H2,1-3H3/t21?,26-/m1/s1. The highest BCUT2D eigenvalue weighted by molar-refractivity contribution is 7.90. The molecule has 0 aliphatic heterocycles. The number of nitrogen functional groups attached to an aromatic ring is 1. The van der Waals surface area contributed by atoms with E-state index in [2.05, 4.69) is 15.8 Å². The number of benzene rings is 1. The number of aromatic nitrogens is 1. The summed E-state index contributed by atoms with van der Waals surface area (Å²) in [4.78, 5) is 4.18. The van der Waals surface area contributed by atoms with Gasteiger partial charge in [-0.05, 0) is 74.9 Å². The predicted molar refractivity (Wildman–Crippen MR) is 109 cm³/mol. The van der Waals surface area contributed by atoms with E-state index in [9.17, 15) is 4.55 Å². The normalized spacial score (nSPS) is 18.3. The van der Waals surface area contributed by atoms with Gasteiger partial charge in [-0.1, -0.05) is 25.0 Å². The van der Waals surface area contributed by atoms with Crippen LogP contribution in [0, 0.1) is 5.92 Å². The van der Waals surface area contributed by atoms with Crippen molar-refractivity contribution in [3.8, 4) is 0 Å². The Labute approximate surface area is 159 Å². The van der Waals surface area contributed by atoms with Crippen LogP contribution >= 0.6 is 0 Å². The van der Waals surface area contributed by atoms with Gasteiger partial charge >= 0.3 is 0 Å². The maximum atomic E-state index is 13.1. The Morgan fingerprint density at radius 3 is 2.42 bits per heavy atom. The molecule has 1 fully saturated rings. The SMILES string of the molecule is CC(C)(C)[S@@+]([O-])NC(CCC1CC1)(c1ccncc1)c1cccc(N)c1. The first-order valence-electron chi connectivity index (χ1n) is 9.27. The molecule has 1 aliphatic rings. The Morgan fingerprint density at radius 2 is 1.85 bits per heavy atom. The van der Waals surface area contributed by atoms with Crippen molar-refractivity contribution < 1.29 is 4.55 Å². The minimum atomic E-state index is -1.22. The van der Waals surface area contributed by atoms with Gasteiger partial charge in [-0.25, -0.2) is 0 Å². The summed E-state index contributed by atoms with van der Waals surface area (Å²) in [6.45, 7) is 5.98. The molecule has 3 rings (SSSR count). The molecule has 26 heavy (non-hydrogen) atoms. The summed E-state index contributed by atoms with van der Waals surface area (Å²) in [6, 6.07) is 12.0. The first-order valence-corrected chi connectivity index (χ1v) is 10.4. The van der Waals surface area contributed by atoms with Gasteiger partial charge in [0.2, 0.25) is 0 Å². The fraction of sp³-hybridized carbons (Fsp3) is 0.476. The van der Waals surface area contributed by atoms with Gasteiger partial charge in [0.25, 0.3) is 0 Å². The minimum absolute atomic E-state index is 0.363. The largest absolute Gasteiger partial charge is 0.598 e. The molecule has 0 spiro atoms. The van der Waals surface area contributed by atoms with E-state index < -0.39 is 16.9 Å². The molecule has 0 bridgehead atoms. The van der Waals surface area contributed by atoms with Crippen molar-refractivity contribution in [1.82, 2.24) is 9.71 Å². The summed E-state index contributed by atoms with van der Waals surface area (Å²) in [6.07, 6.45) is 8.18. The van der Waals surface area contributed by atoms with E-state index >= 15 is 0 Å². The highest BCUT2D eigenvalue weighted by Crippen LogP contribution is 2.42. The zero-order valence-electron chi connectivity index (χ0n) is 15.9. The van der Waals surface area contributed by atoms with Crippen molar-refractivity contribution in [3.63, 3.8) is 0 Å². The van der Waals surface area contributed by atoms with Crippen molar-refractivity contribution in [3.05, 3.63) is 59.9 Å². The van der Waals surface area contributed by atoms with E-state index in [1.807, 2.05) is 51.1 Å². The Kier molecular flexibility index (Phi) is 5.61. The second kappa shape index (κ2) is 7.59. The third-order valence-corrected chi connectivity index (χ3v) is 6.65. The average molecular weight is 372 g/mol. The van der Waals surface area contributed by atoms with Crippen molar-refractivity contribution in [2.75, 3.05) is 5.73 Å². The molecule has 5 heteroatoms. The van der Waals surface area contributed by atoms with Gasteiger partial charge in [-0.2, -0.15) is 0 Å². The fourth-order valence-electron chi connectivity index (χ4n) is 3.20. The monoisotopic (exact) mass is 371 g/mol. The number of pyridine rings is 1. The third kappa shape index (κ3) is 4.40. The molecule has 0 radical (unpaired) electrons. The maximum Gasteiger partial charge on any atom is 0.136 e. The lowest BCUT2D eigenvalue weighted by Crippen LogP contribution is -2.52. The van der Waals surface area contributed by atoms with Gasteiger partial charge in [-0.15, -0.1) is 4.72 Å². The van der Waals surface area contributed by atoms with Crippen LogP contribution in [0.1, 0.15) is 57.6 Å². The van der Waals surface area contributed by atoms with Crippen molar-refractivity contribution in [2.24, 2.45) is 5.92 Å². The fourth-order valence-corrected chi connectivity index (χ4v) is 4.16. The van der Waals surface area contributed by atoms with Crippen LogP contribution in [-0.2, 0) is 16.9 Å². The van der Waals surface area contributed by atoms with Crippen LogP contribution in [0.2, 0.25) is 0 Å². The Bertz CT molecular complexity index is 728. The van der Waals surface area contributed by atoms with E-state index in [1.54, 1.807) is 12.4 Å². The quantitative estimate of drug-likeness (QED) is 0.566. The predicted octanol–water partition coefficient (Wildman–Crippen LogP) is 4.15. The van der Waals surface area contributed by atoms with E-state index in [1.165, 1.54) is 12.8 Å². The van der Waals surface area contributed by atoms with E-state index in [-0.39, 0.29) is 4.75 Å². The van der Waals surface area contributed by atoms with Crippen LogP contribution in [-0.4, -0.2) is 14.3 Å². The van der Waals surface area contributed by atoms with Crippen molar-refractivity contribution in [1.29, 1.82) is 0 Å². The summed E-state index contributed by atoms with van der Waals surface area (Å²) in [5.74, 6) is 0.780. The molecule has 1 aliphatic carbocycles. The van der Waals surface area contributed by atoms with Crippen LogP contribution in [0.5, 0.6) is 0 Å². The van der Waals surface area contributed by atoms with E-state index in [4.69, 9.17) is 5.73 Å². The molecule has 140 valence electrons. The first-order chi connectivity index (χ1) is 12.3. The Hall–Kier alpha value is -1.56. The lowest BCUT2D eigenvalue weighted by atomic mass is 9.79. The molecule has 1 heterocycles. The highest BCUT2D eigenvalue weighted by atomic mass is 32.2. The molecule has 0 amide bonds. The van der Waals surface area contributed by atoms with Crippen LogP contribution in [0.25, 0.3) is 0 Å². The molecule has 0 saturated heterocycles. The lowest BCUT2D eigenvalue weighted by molar-refractivity contribution is 0.401. The maximum absolute atomic E-state index is 13.1. The topological polar surface area (TPSA) is 74.0 Å². The van der Waals surface area contributed by atoms with Crippen LogP contribution in [0.3, 0.4) is 0 Å². The summed E-state index contributed by atoms with van der Waals surface area (Å²) in [7, 11) is 0. The van der Waals surface area contributed by atoms with Gasteiger partial charge in [0.1, 0.15) is 10.3 Å². The first kappa shape index (κ1) is 19.2. The number of rotatable bonds is 7. The average Bonchev–Trinajstić information content (AvgIpc) is 3.43. The van der Waals surface area contributed by atoms with E-state index in [0.717, 1.165) is 35.6 Å². The molecule has 2 aromatic rings. The molecular weight excluding hydrogens is 342 g/mol. The molecule has 1 unspecified atom stereocenters.